The highest BCUT2D eigenvalue weighted by Gasteiger charge is 2.22. The molecule has 2 atom stereocenters. The average Bonchev–Trinajstić information content (AvgIpc) is 2.87. The molecule has 0 aromatic rings. The molecule has 1 unspecified atom stereocenters. The largest absolute Gasteiger partial charge is 0.356 e. The van der Waals surface area contributed by atoms with Crippen LogP contribution in [-0.2, 0) is 9.59 Å². The van der Waals surface area contributed by atoms with E-state index in [-0.39, 0.29) is 11.8 Å². The average molecular weight is 282 g/mol. The van der Waals surface area contributed by atoms with Crippen molar-refractivity contribution in [2.24, 2.45) is 23.7 Å². The summed E-state index contributed by atoms with van der Waals surface area (Å²) in [7, 11) is 0. The highest BCUT2D eigenvalue weighted by Crippen LogP contribution is 2.18. The summed E-state index contributed by atoms with van der Waals surface area (Å²) < 4.78 is 0. The van der Waals surface area contributed by atoms with Gasteiger partial charge in [-0.3, -0.25) is 9.59 Å². The van der Waals surface area contributed by atoms with Gasteiger partial charge < -0.3 is 10.6 Å². The fourth-order valence-electron chi connectivity index (χ4n) is 3.00. The molecule has 2 saturated heterocycles. The molecule has 2 aliphatic heterocycles. The first-order chi connectivity index (χ1) is 9.36. The first-order valence-corrected chi connectivity index (χ1v) is 7.90. The predicted molar refractivity (Wildman–Crippen MR) is 81.1 cm³/mol. The van der Waals surface area contributed by atoms with Crippen molar-refractivity contribution in [2.75, 3.05) is 13.1 Å². The van der Waals surface area contributed by atoms with Crippen LogP contribution < -0.4 is 10.6 Å². The van der Waals surface area contributed by atoms with Crippen molar-refractivity contribution in [2.45, 2.75) is 53.4 Å². The zero-order chi connectivity index (χ0) is 15.1. The standard InChI is InChI=1S/2C8H15NO/c2*1-6(2)3-7-4-8(10)9-5-7/h2*6-7H,3-5H2,1-2H3,(H,9,10)/t7-;/m0./s1. The Morgan fingerprint density at radius 2 is 1.20 bits per heavy atom. The fraction of sp³-hybridized carbons (Fsp3) is 0.875. The Morgan fingerprint density at radius 3 is 1.40 bits per heavy atom. The van der Waals surface area contributed by atoms with E-state index in [1.807, 2.05) is 0 Å². The third-order valence-electron chi connectivity index (χ3n) is 3.73. The maximum Gasteiger partial charge on any atom is 0.220 e. The lowest BCUT2D eigenvalue weighted by Gasteiger charge is -2.08. The number of nitrogens with one attached hydrogen (secondary N) is 2. The summed E-state index contributed by atoms with van der Waals surface area (Å²) >= 11 is 0. The summed E-state index contributed by atoms with van der Waals surface area (Å²) in [6.45, 7) is 10.6. The van der Waals surface area contributed by atoms with Crippen molar-refractivity contribution in [3.8, 4) is 0 Å². The van der Waals surface area contributed by atoms with Crippen LogP contribution >= 0.6 is 0 Å². The summed E-state index contributed by atoms with van der Waals surface area (Å²) in [5, 5.41) is 5.67. The molecule has 2 rings (SSSR count). The zero-order valence-electron chi connectivity index (χ0n) is 13.4. The fourth-order valence-corrected chi connectivity index (χ4v) is 3.00. The Bertz CT molecular complexity index is 294. The molecule has 2 N–H and O–H groups in total. The van der Waals surface area contributed by atoms with Gasteiger partial charge in [0.15, 0.2) is 0 Å². The van der Waals surface area contributed by atoms with Gasteiger partial charge in [0.1, 0.15) is 0 Å². The van der Waals surface area contributed by atoms with Crippen LogP contribution in [0.15, 0.2) is 0 Å². The highest BCUT2D eigenvalue weighted by molar-refractivity contribution is 5.78. The number of carbonyl (C=O) groups excluding carboxylic acids is 2. The molecule has 116 valence electrons. The number of hydrogen-bond acceptors (Lipinski definition) is 2. The third kappa shape index (κ3) is 6.92. The van der Waals surface area contributed by atoms with Gasteiger partial charge in [-0.25, -0.2) is 0 Å². The molecule has 2 fully saturated rings. The van der Waals surface area contributed by atoms with Crippen molar-refractivity contribution in [1.82, 2.24) is 10.6 Å². The minimum absolute atomic E-state index is 0.227. The first kappa shape index (κ1) is 17.0. The van der Waals surface area contributed by atoms with E-state index in [4.69, 9.17) is 0 Å². The van der Waals surface area contributed by atoms with Crippen LogP contribution in [0.3, 0.4) is 0 Å². The van der Waals surface area contributed by atoms with Gasteiger partial charge in [-0.1, -0.05) is 27.7 Å². The van der Waals surface area contributed by atoms with Crippen molar-refractivity contribution < 1.29 is 9.59 Å². The van der Waals surface area contributed by atoms with E-state index in [9.17, 15) is 9.59 Å². The number of amides is 2. The first-order valence-electron chi connectivity index (χ1n) is 7.90. The lowest BCUT2D eigenvalue weighted by atomic mass is 9.97. The van der Waals surface area contributed by atoms with E-state index < -0.39 is 0 Å². The monoisotopic (exact) mass is 282 g/mol. The number of rotatable bonds is 4. The van der Waals surface area contributed by atoms with E-state index in [2.05, 4.69) is 38.3 Å². The van der Waals surface area contributed by atoms with Crippen molar-refractivity contribution in [3.63, 3.8) is 0 Å². The normalized spacial score (nSPS) is 25.5. The van der Waals surface area contributed by atoms with E-state index in [0.717, 1.165) is 37.8 Å². The summed E-state index contributed by atoms with van der Waals surface area (Å²) in [6, 6.07) is 0. The van der Waals surface area contributed by atoms with Crippen molar-refractivity contribution in [1.29, 1.82) is 0 Å². The molecule has 0 aromatic heterocycles. The summed E-state index contributed by atoms with van der Waals surface area (Å²) in [6.07, 6.45) is 3.86. The molecule has 0 bridgehead atoms. The molecule has 0 aliphatic carbocycles. The summed E-state index contributed by atoms with van der Waals surface area (Å²) in [5.74, 6) is 3.10. The molecular weight excluding hydrogens is 252 g/mol. The molecule has 0 radical (unpaired) electrons. The Morgan fingerprint density at radius 1 is 0.850 bits per heavy atom. The SMILES string of the molecule is CC(C)CC1CNC(=O)C1.CC(C)C[C@@H]1CNC(=O)C1. The van der Waals surface area contributed by atoms with E-state index in [1.54, 1.807) is 0 Å². The van der Waals surface area contributed by atoms with Crippen LogP contribution in [0.2, 0.25) is 0 Å². The second-order valence-electron chi connectivity index (χ2n) is 7.01. The molecule has 4 nitrogen and oxygen atoms in total. The Kier molecular flexibility index (Phi) is 7.03. The topological polar surface area (TPSA) is 58.2 Å². The van der Waals surface area contributed by atoms with E-state index in [0.29, 0.717) is 11.8 Å². The number of carbonyl (C=O) groups is 2. The van der Waals surface area contributed by atoms with Crippen LogP contribution in [0.25, 0.3) is 0 Å². The molecule has 4 heteroatoms. The Balaban J connectivity index is 0.000000200. The second-order valence-corrected chi connectivity index (χ2v) is 7.01. The van der Waals surface area contributed by atoms with Gasteiger partial charge >= 0.3 is 0 Å². The summed E-state index contributed by atoms with van der Waals surface area (Å²) in [4.78, 5) is 21.4. The van der Waals surface area contributed by atoms with Gasteiger partial charge in [-0.15, -0.1) is 0 Å². The van der Waals surface area contributed by atoms with E-state index >= 15 is 0 Å². The molecule has 20 heavy (non-hydrogen) atoms. The minimum atomic E-state index is 0.227. The minimum Gasteiger partial charge on any atom is -0.356 e. The van der Waals surface area contributed by atoms with Gasteiger partial charge in [-0.05, 0) is 36.5 Å². The van der Waals surface area contributed by atoms with E-state index in [1.165, 1.54) is 12.8 Å². The van der Waals surface area contributed by atoms with Gasteiger partial charge in [0.05, 0.1) is 0 Å². The summed E-state index contributed by atoms with van der Waals surface area (Å²) in [5.41, 5.74) is 0. The van der Waals surface area contributed by atoms with Gasteiger partial charge in [0.2, 0.25) is 11.8 Å². The lowest BCUT2D eigenvalue weighted by Crippen LogP contribution is -2.14. The van der Waals surface area contributed by atoms with Crippen LogP contribution in [-0.4, -0.2) is 24.9 Å². The quantitative estimate of drug-likeness (QED) is 0.831. The molecule has 0 spiro atoms. The molecule has 2 amide bonds. The Labute approximate surface area is 123 Å². The second kappa shape index (κ2) is 8.28. The highest BCUT2D eigenvalue weighted by atomic mass is 16.2. The third-order valence-corrected chi connectivity index (χ3v) is 3.73. The lowest BCUT2D eigenvalue weighted by molar-refractivity contribution is -0.120. The van der Waals surface area contributed by atoms with Gasteiger partial charge in [0.25, 0.3) is 0 Å². The van der Waals surface area contributed by atoms with Crippen molar-refractivity contribution in [3.05, 3.63) is 0 Å². The van der Waals surface area contributed by atoms with Crippen molar-refractivity contribution >= 4 is 11.8 Å². The smallest absolute Gasteiger partial charge is 0.220 e. The van der Waals surface area contributed by atoms with Crippen LogP contribution in [0, 0.1) is 23.7 Å². The molecular formula is C16H30N2O2. The predicted octanol–water partition coefficient (Wildman–Crippen LogP) is 2.34. The molecule has 0 saturated carbocycles. The molecule has 2 heterocycles. The maximum atomic E-state index is 10.7. The van der Waals surface area contributed by atoms with Crippen LogP contribution in [0.5, 0.6) is 0 Å². The van der Waals surface area contributed by atoms with Crippen LogP contribution in [0.1, 0.15) is 53.4 Å². The Hall–Kier alpha value is -1.06. The van der Waals surface area contributed by atoms with Gasteiger partial charge in [-0.2, -0.15) is 0 Å². The van der Waals surface area contributed by atoms with Gasteiger partial charge in [0, 0.05) is 25.9 Å². The zero-order valence-corrected chi connectivity index (χ0v) is 13.4. The molecule has 2 aliphatic rings. The maximum absolute atomic E-state index is 10.7. The van der Waals surface area contributed by atoms with Crippen LogP contribution in [0.4, 0.5) is 0 Å². The molecule has 0 aromatic carbocycles. The number of hydrogen-bond donors (Lipinski definition) is 2.